The Morgan fingerprint density at radius 2 is 2.07 bits per heavy atom. The first-order chi connectivity index (χ1) is 13.1. The van der Waals surface area contributed by atoms with Crippen LogP contribution in [0.2, 0.25) is 5.02 Å². The Kier molecular flexibility index (Phi) is 5.32. The highest BCUT2D eigenvalue weighted by Gasteiger charge is 2.46. The highest BCUT2D eigenvalue weighted by atomic mass is 35.5. The molecule has 5 nitrogen and oxygen atoms in total. The van der Waals surface area contributed by atoms with E-state index >= 15 is 0 Å². The van der Waals surface area contributed by atoms with Crippen molar-refractivity contribution >= 4 is 17.6 Å². The summed E-state index contributed by atoms with van der Waals surface area (Å²) in [5.41, 5.74) is 2.14. The van der Waals surface area contributed by atoms with E-state index in [1.165, 1.54) is 0 Å². The van der Waals surface area contributed by atoms with Gasteiger partial charge in [-0.2, -0.15) is 0 Å². The molecule has 0 aliphatic carbocycles. The Labute approximate surface area is 164 Å². The van der Waals surface area contributed by atoms with Gasteiger partial charge in [0.1, 0.15) is 0 Å². The molecule has 1 atom stereocenters. The number of carbonyl (C=O) groups excluding carboxylic acids is 1. The van der Waals surface area contributed by atoms with Crippen LogP contribution in [0.3, 0.4) is 0 Å². The third-order valence-electron chi connectivity index (χ3n) is 5.44. The number of pyridine rings is 1. The molecule has 2 aliphatic heterocycles. The summed E-state index contributed by atoms with van der Waals surface area (Å²) in [6, 6.07) is 13.3. The molecule has 4 rings (SSSR count). The van der Waals surface area contributed by atoms with Gasteiger partial charge in [0.2, 0.25) is 0 Å². The predicted molar refractivity (Wildman–Crippen MR) is 105 cm³/mol. The molecular weight excluding hydrogens is 362 g/mol. The second-order valence-corrected chi connectivity index (χ2v) is 8.04. The van der Waals surface area contributed by atoms with Gasteiger partial charge < -0.3 is 15.0 Å². The minimum absolute atomic E-state index is 0.0317. The van der Waals surface area contributed by atoms with Crippen molar-refractivity contribution in [1.29, 1.82) is 0 Å². The average molecular weight is 386 g/mol. The maximum atomic E-state index is 12.8. The van der Waals surface area contributed by atoms with E-state index in [2.05, 4.69) is 10.3 Å². The van der Waals surface area contributed by atoms with E-state index in [0.717, 1.165) is 50.4 Å². The molecule has 0 bridgehead atoms. The Hall–Kier alpha value is -2.11. The lowest BCUT2D eigenvalue weighted by atomic mass is 9.76. The van der Waals surface area contributed by atoms with Gasteiger partial charge >= 0.3 is 6.03 Å². The van der Waals surface area contributed by atoms with Crippen LogP contribution in [0.5, 0.6) is 0 Å². The van der Waals surface area contributed by atoms with Crippen LogP contribution in [0.4, 0.5) is 4.79 Å². The molecule has 6 heteroatoms. The van der Waals surface area contributed by atoms with E-state index in [1.54, 1.807) is 6.20 Å². The number of ether oxygens (including phenoxy) is 1. The summed E-state index contributed by atoms with van der Waals surface area (Å²) in [5, 5.41) is 3.88. The molecule has 27 heavy (non-hydrogen) atoms. The third kappa shape index (κ3) is 4.25. The Bertz CT molecular complexity index is 768. The van der Waals surface area contributed by atoms with Crippen molar-refractivity contribution in [2.45, 2.75) is 25.3 Å². The molecular formula is C21H24ClN3O2. The van der Waals surface area contributed by atoms with Crippen LogP contribution in [0.25, 0.3) is 0 Å². The van der Waals surface area contributed by atoms with Crippen molar-refractivity contribution in [3.05, 3.63) is 64.9 Å². The second kappa shape index (κ2) is 7.87. The molecule has 0 saturated carbocycles. The van der Waals surface area contributed by atoms with Crippen LogP contribution < -0.4 is 5.32 Å². The lowest BCUT2D eigenvalue weighted by Gasteiger charge is -2.51. The van der Waals surface area contributed by atoms with Crippen molar-refractivity contribution in [2.75, 3.05) is 26.3 Å². The van der Waals surface area contributed by atoms with Gasteiger partial charge in [-0.05, 0) is 49.1 Å². The average Bonchev–Trinajstić information content (AvgIpc) is 2.68. The summed E-state index contributed by atoms with van der Waals surface area (Å²) >= 11 is 5.99. The Morgan fingerprint density at radius 3 is 2.74 bits per heavy atom. The number of amides is 2. The highest BCUT2D eigenvalue weighted by Crippen LogP contribution is 2.38. The number of nitrogens with one attached hydrogen (secondary N) is 1. The molecule has 2 fully saturated rings. The number of nitrogens with zero attached hydrogens (tertiary/aromatic N) is 2. The maximum absolute atomic E-state index is 12.8. The number of rotatable bonds is 4. The first kappa shape index (κ1) is 18.3. The van der Waals surface area contributed by atoms with Crippen LogP contribution >= 0.6 is 11.6 Å². The zero-order chi connectivity index (χ0) is 18.7. The number of hydrogen-bond acceptors (Lipinski definition) is 3. The number of hydrogen-bond donors (Lipinski definition) is 1. The van der Waals surface area contributed by atoms with Crippen molar-refractivity contribution in [2.24, 2.45) is 5.41 Å². The zero-order valence-electron chi connectivity index (χ0n) is 15.2. The molecule has 1 aromatic carbocycles. The van der Waals surface area contributed by atoms with Gasteiger partial charge in [-0.15, -0.1) is 0 Å². The molecule has 3 heterocycles. The lowest BCUT2D eigenvalue weighted by molar-refractivity contribution is -0.0829. The third-order valence-corrected chi connectivity index (χ3v) is 5.69. The van der Waals surface area contributed by atoms with E-state index in [4.69, 9.17) is 16.3 Å². The van der Waals surface area contributed by atoms with Crippen LogP contribution in [-0.2, 0) is 11.2 Å². The first-order valence-electron chi connectivity index (χ1n) is 9.42. The Morgan fingerprint density at radius 1 is 1.26 bits per heavy atom. The van der Waals surface area contributed by atoms with Crippen molar-refractivity contribution in [3.8, 4) is 0 Å². The maximum Gasteiger partial charge on any atom is 0.317 e. The summed E-state index contributed by atoms with van der Waals surface area (Å²) in [4.78, 5) is 19.1. The topological polar surface area (TPSA) is 54.5 Å². The molecule has 1 unspecified atom stereocenters. The van der Waals surface area contributed by atoms with Gasteiger partial charge in [-0.25, -0.2) is 4.79 Å². The summed E-state index contributed by atoms with van der Waals surface area (Å²) in [6.07, 6.45) is 4.66. The van der Waals surface area contributed by atoms with Crippen LogP contribution in [-0.4, -0.2) is 42.2 Å². The van der Waals surface area contributed by atoms with E-state index in [0.29, 0.717) is 11.4 Å². The van der Waals surface area contributed by atoms with E-state index in [-0.39, 0.29) is 17.5 Å². The van der Waals surface area contributed by atoms with Gasteiger partial charge in [-0.3, -0.25) is 4.98 Å². The minimum Gasteiger partial charge on any atom is -0.381 e. The smallest absolute Gasteiger partial charge is 0.317 e. The number of halogens is 1. The molecule has 0 radical (unpaired) electrons. The minimum atomic E-state index is -0.181. The molecule has 1 N–H and O–H groups in total. The van der Waals surface area contributed by atoms with Crippen LogP contribution in [0, 0.1) is 5.41 Å². The zero-order valence-corrected chi connectivity index (χ0v) is 16.0. The van der Waals surface area contributed by atoms with Gasteiger partial charge in [0.15, 0.2) is 0 Å². The van der Waals surface area contributed by atoms with E-state index in [1.807, 2.05) is 47.4 Å². The summed E-state index contributed by atoms with van der Waals surface area (Å²) < 4.78 is 5.62. The lowest BCUT2D eigenvalue weighted by Crippen LogP contribution is -2.63. The fourth-order valence-electron chi connectivity index (χ4n) is 3.97. The van der Waals surface area contributed by atoms with Crippen LogP contribution in [0.15, 0.2) is 48.7 Å². The van der Waals surface area contributed by atoms with Crippen molar-refractivity contribution in [1.82, 2.24) is 15.2 Å². The fourth-order valence-corrected chi connectivity index (χ4v) is 4.10. The van der Waals surface area contributed by atoms with Gasteiger partial charge in [0, 0.05) is 36.3 Å². The fraction of sp³-hybridized carbons (Fsp3) is 0.429. The first-order valence-corrected chi connectivity index (χ1v) is 9.80. The second-order valence-electron chi connectivity index (χ2n) is 7.60. The number of aromatic nitrogens is 1. The predicted octanol–water partition coefficient (Wildman–Crippen LogP) is 3.84. The Balaban J connectivity index is 1.43. The quantitative estimate of drug-likeness (QED) is 0.869. The summed E-state index contributed by atoms with van der Waals surface area (Å²) in [5.74, 6) is 0. The normalized spacial score (nSPS) is 19.4. The molecule has 1 spiro atoms. The van der Waals surface area contributed by atoms with Crippen molar-refractivity contribution < 1.29 is 9.53 Å². The molecule has 2 aliphatic rings. The molecule has 142 valence electrons. The van der Waals surface area contributed by atoms with Crippen LogP contribution in [0.1, 0.15) is 30.1 Å². The van der Waals surface area contributed by atoms with E-state index < -0.39 is 0 Å². The van der Waals surface area contributed by atoms with Gasteiger partial charge in [-0.1, -0.05) is 29.8 Å². The van der Waals surface area contributed by atoms with Crippen molar-refractivity contribution in [3.63, 3.8) is 0 Å². The number of likely N-dealkylation sites (tertiary alicyclic amines) is 1. The standard InChI is InChI=1S/C21H24ClN3O2/c22-17-7-5-16(6-8-17)12-19(18-4-1-2-10-23-18)24-20(26)25-13-21(14-25)9-3-11-27-15-21/h1-2,4-8,10,19H,3,9,11-15H2,(H,24,26). The number of urea groups is 1. The van der Waals surface area contributed by atoms with Gasteiger partial charge in [0.05, 0.1) is 18.3 Å². The largest absolute Gasteiger partial charge is 0.381 e. The molecule has 2 aromatic rings. The summed E-state index contributed by atoms with van der Waals surface area (Å²) in [7, 11) is 0. The molecule has 1 aromatic heterocycles. The van der Waals surface area contributed by atoms with E-state index in [9.17, 15) is 4.79 Å². The molecule has 2 saturated heterocycles. The highest BCUT2D eigenvalue weighted by molar-refractivity contribution is 6.30. The number of benzene rings is 1. The van der Waals surface area contributed by atoms with Gasteiger partial charge in [0.25, 0.3) is 0 Å². The summed E-state index contributed by atoms with van der Waals surface area (Å²) in [6.45, 7) is 3.16. The monoisotopic (exact) mass is 385 g/mol. The SMILES string of the molecule is O=C(NC(Cc1ccc(Cl)cc1)c1ccccn1)N1CC2(CCCOC2)C1. The molecule has 2 amide bonds. The number of carbonyl (C=O) groups is 1.